The van der Waals surface area contributed by atoms with Gasteiger partial charge in [-0.2, -0.15) is 0 Å². The Hall–Kier alpha value is -1.19. The van der Waals surface area contributed by atoms with Crippen LogP contribution in [0.3, 0.4) is 0 Å². The van der Waals surface area contributed by atoms with E-state index in [0.717, 1.165) is 23.1 Å². The summed E-state index contributed by atoms with van der Waals surface area (Å²) in [5, 5.41) is 6.79. The van der Waals surface area contributed by atoms with Gasteiger partial charge in [0.1, 0.15) is 5.82 Å². The van der Waals surface area contributed by atoms with Crippen molar-refractivity contribution in [2.45, 2.75) is 19.3 Å². The monoisotopic (exact) mass is 287 g/mol. The second-order valence-electron chi connectivity index (χ2n) is 5.97. The maximum absolute atomic E-state index is 13.4. The van der Waals surface area contributed by atoms with Gasteiger partial charge in [-0.15, -0.1) is 11.3 Å². The third-order valence-corrected chi connectivity index (χ3v) is 5.82. The van der Waals surface area contributed by atoms with Gasteiger partial charge in [-0.1, -0.05) is 6.07 Å². The zero-order valence-electron chi connectivity index (χ0n) is 11.6. The molecule has 2 bridgehead atoms. The van der Waals surface area contributed by atoms with E-state index in [0.29, 0.717) is 0 Å². The van der Waals surface area contributed by atoms with E-state index < -0.39 is 0 Å². The molecule has 1 saturated carbocycles. The van der Waals surface area contributed by atoms with Crippen LogP contribution in [0.2, 0.25) is 0 Å². The number of rotatable bonds is 3. The van der Waals surface area contributed by atoms with Crippen LogP contribution in [0.15, 0.2) is 29.2 Å². The Morgan fingerprint density at radius 1 is 1.30 bits per heavy atom. The molecule has 4 rings (SSSR count). The lowest BCUT2D eigenvalue weighted by Crippen LogP contribution is -2.16. The molecule has 2 aromatic rings. The molecule has 0 radical (unpaired) electrons. The standard InChI is InChI=1S/C17H18FNS/c1-19-8-14-10-2-3-11(6-10)17(14)15-9-20-16-7-12(18)4-5-13(15)16/h4-5,7,9-11,19H,2-3,6,8H2,1H3. The maximum atomic E-state index is 13.4. The lowest BCUT2D eigenvalue weighted by Gasteiger charge is -2.20. The number of halogens is 1. The quantitative estimate of drug-likeness (QED) is 0.880. The minimum atomic E-state index is -0.136. The summed E-state index contributed by atoms with van der Waals surface area (Å²) in [7, 11) is 2.03. The van der Waals surface area contributed by atoms with E-state index in [1.165, 1.54) is 30.2 Å². The Bertz CT molecular complexity index is 700. The maximum Gasteiger partial charge on any atom is 0.124 e. The molecule has 1 fully saturated rings. The average Bonchev–Trinajstić information content (AvgIpc) is 3.12. The lowest BCUT2D eigenvalue weighted by molar-refractivity contribution is 0.627. The van der Waals surface area contributed by atoms with Crippen molar-refractivity contribution in [2.75, 3.05) is 13.6 Å². The molecule has 1 aromatic heterocycles. The summed E-state index contributed by atoms with van der Waals surface area (Å²) in [6.45, 7) is 0.995. The van der Waals surface area contributed by atoms with Crippen LogP contribution < -0.4 is 5.32 Å². The van der Waals surface area contributed by atoms with Gasteiger partial charge in [-0.25, -0.2) is 4.39 Å². The molecule has 3 heteroatoms. The molecule has 0 amide bonds. The molecule has 2 unspecified atom stereocenters. The second kappa shape index (κ2) is 4.68. The highest BCUT2D eigenvalue weighted by Gasteiger charge is 2.39. The SMILES string of the molecule is CNCC1=C(c2csc3cc(F)ccc23)C2CCC1C2. The van der Waals surface area contributed by atoms with E-state index >= 15 is 0 Å². The van der Waals surface area contributed by atoms with E-state index in [4.69, 9.17) is 0 Å². The number of hydrogen-bond acceptors (Lipinski definition) is 2. The normalized spacial score (nSPS) is 25.1. The molecule has 0 spiro atoms. The summed E-state index contributed by atoms with van der Waals surface area (Å²) in [4.78, 5) is 0. The van der Waals surface area contributed by atoms with Gasteiger partial charge >= 0.3 is 0 Å². The first-order valence-electron chi connectivity index (χ1n) is 7.32. The van der Waals surface area contributed by atoms with Gasteiger partial charge in [0, 0.05) is 16.6 Å². The zero-order chi connectivity index (χ0) is 13.7. The molecular formula is C17H18FNS. The molecule has 0 aliphatic heterocycles. The van der Waals surface area contributed by atoms with Crippen molar-refractivity contribution in [1.82, 2.24) is 5.32 Å². The van der Waals surface area contributed by atoms with Crippen molar-refractivity contribution >= 4 is 27.0 Å². The minimum absolute atomic E-state index is 0.136. The number of fused-ring (bicyclic) bond motifs is 3. The van der Waals surface area contributed by atoms with E-state index in [1.807, 2.05) is 13.1 Å². The summed E-state index contributed by atoms with van der Waals surface area (Å²) in [5.41, 5.74) is 4.53. The number of nitrogens with one attached hydrogen (secondary N) is 1. The molecule has 1 aromatic carbocycles. The number of thiophene rings is 1. The van der Waals surface area contributed by atoms with Gasteiger partial charge in [-0.05, 0) is 72.4 Å². The fourth-order valence-electron chi connectivity index (χ4n) is 4.08. The van der Waals surface area contributed by atoms with Gasteiger partial charge < -0.3 is 5.32 Å². The number of allylic oxidation sites excluding steroid dienone is 1. The van der Waals surface area contributed by atoms with Crippen molar-refractivity contribution < 1.29 is 4.39 Å². The highest BCUT2D eigenvalue weighted by molar-refractivity contribution is 7.17. The van der Waals surface area contributed by atoms with Crippen LogP contribution in [-0.2, 0) is 0 Å². The molecule has 2 atom stereocenters. The molecule has 1 heterocycles. The molecule has 0 saturated heterocycles. The highest BCUT2D eigenvalue weighted by Crippen LogP contribution is 2.53. The third-order valence-electron chi connectivity index (χ3n) is 4.87. The van der Waals surface area contributed by atoms with Gasteiger partial charge in [0.2, 0.25) is 0 Å². The Balaban J connectivity index is 1.89. The van der Waals surface area contributed by atoms with Crippen LogP contribution >= 0.6 is 11.3 Å². The van der Waals surface area contributed by atoms with Crippen LogP contribution in [0.5, 0.6) is 0 Å². The molecule has 1 N–H and O–H groups in total. The summed E-state index contributed by atoms with van der Waals surface area (Å²) < 4.78 is 14.4. The average molecular weight is 287 g/mol. The minimum Gasteiger partial charge on any atom is -0.316 e. The Morgan fingerprint density at radius 3 is 3.00 bits per heavy atom. The van der Waals surface area contributed by atoms with Crippen LogP contribution in [0.1, 0.15) is 24.8 Å². The van der Waals surface area contributed by atoms with Crippen LogP contribution in [0.4, 0.5) is 4.39 Å². The highest BCUT2D eigenvalue weighted by atomic mass is 32.1. The van der Waals surface area contributed by atoms with Crippen molar-refractivity contribution in [3.63, 3.8) is 0 Å². The number of hydrogen-bond donors (Lipinski definition) is 1. The molecule has 2 aliphatic carbocycles. The van der Waals surface area contributed by atoms with Crippen LogP contribution in [0, 0.1) is 17.7 Å². The summed E-state index contributed by atoms with van der Waals surface area (Å²) in [6.07, 6.45) is 4.00. The fraction of sp³-hybridized carbons (Fsp3) is 0.412. The van der Waals surface area contributed by atoms with Gasteiger partial charge in [0.25, 0.3) is 0 Å². The Kier molecular flexibility index (Phi) is 2.93. The second-order valence-corrected chi connectivity index (χ2v) is 6.88. The Labute approximate surface area is 122 Å². The number of likely N-dealkylation sites (N-methyl/N-ethyl adjacent to an activating group) is 1. The van der Waals surface area contributed by atoms with E-state index in [2.05, 4.69) is 10.7 Å². The lowest BCUT2D eigenvalue weighted by atomic mass is 9.87. The largest absolute Gasteiger partial charge is 0.316 e. The molecule has 2 aliphatic rings. The van der Waals surface area contributed by atoms with Crippen molar-refractivity contribution in [3.8, 4) is 0 Å². The molecule has 104 valence electrons. The summed E-state index contributed by atoms with van der Waals surface area (Å²) in [5.74, 6) is 1.37. The van der Waals surface area contributed by atoms with Gasteiger partial charge in [-0.3, -0.25) is 0 Å². The first-order chi connectivity index (χ1) is 9.78. The van der Waals surface area contributed by atoms with E-state index in [9.17, 15) is 4.39 Å². The van der Waals surface area contributed by atoms with E-state index in [1.54, 1.807) is 34.6 Å². The zero-order valence-corrected chi connectivity index (χ0v) is 12.4. The third kappa shape index (κ3) is 1.76. The van der Waals surface area contributed by atoms with Crippen molar-refractivity contribution in [2.24, 2.45) is 11.8 Å². The van der Waals surface area contributed by atoms with Crippen LogP contribution in [0.25, 0.3) is 15.7 Å². The predicted octanol–water partition coefficient (Wildman–Crippen LogP) is 4.44. The molecule has 1 nitrogen and oxygen atoms in total. The molecular weight excluding hydrogens is 269 g/mol. The van der Waals surface area contributed by atoms with Gasteiger partial charge in [0.05, 0.1) is 0 Å². The van der Waals surface area contributed by atoms with Crippen molar-refractivity contribution in [1.29, 1.82) is 0 Å². The topological polar surface area (TPSA) is 12.0 Å². The molecule has 20 heavy (non-hydrogen) atoms. The van der Waals surface area contributed by atoms with Crippen molar-refractivity contribution in [3.05, 3.63) is 40.5 Å². The Morgan fingerprint density at radius 2 is 2.15 bits per heavy atom. The predicted molar refractivity (Wildman–Crippen MR) is 83.5 cm³/mol. The first kappa shape index (κ1) is 12.5. The fourth-order valence-corrected chi connectivity index (χ4v) is 5.06. The smallest absolute Gasteiger partial charge is 0.124 e. The van der Waals surface area contributed by atoms with Crippen LogP contribution in [-0.4, -0.2) is 13.6 Å². The van der Waals surface area contributed by atoms with E-state index in [-0.39, 0.29) is 5.82 Å². The number of benzene rings is 1. The van der Waals surface area contributed by atoms with Gasteiger partial charge in [0.15, 0.2) is 0 Å². The summed E-state index contributed by atoms with van der Waals surface area (Å²) >= 11 is 1.67. The summed E-state index contributed by atoms with van der Waals surface area (Å²) in [6, 6.07) is 5.20. The first-order valence-corrected chi connectivity index (χ1v) is 8.20.